The van der Waals surface area contributed by atoms with Gasteiger partial charge in [0.25, 0.3) is 5.22 Å². The van der Waals surface area contributed by atoms with E-state index in [-0.39, 0.29) is 11.3 Å². The molecule has 2 heterocycles. The Morgan fingerprint density at radius 1 is 1.35 bits per heavy atom. The number of aromatic nitrogens is 1. The van der Waals surface area contributed by atoms with Crippen molar-refractivity contribution in [2.75, 3.05) is 0 Å². The minimum atomic E-state index is -0.0437. The van der Waals surface area contributed by atoms with E-state index in [1.807, 2.05) is 32.9 Å². The average molecular weight is 252 g/mol. The van der Waals surface area contributed by atoms with Crippen LogP contribution < -0.4 is 5.73 Å². The maximum Gasteiger partial charge on any atom is 0.256 e. The van der Waals surface area contributed by atoms with Gasteiger partial charge in [-0.1, -0.05) is 11.8 Å². The summed E-state index contributed by atoms with van der Waals surface area (Å²) in [7, 11) is 0. The minimum absolute atomic E-state index is 0.0155. The van der Waals surface area contributed by atoms with Crippen LogP contribution in [0.15, 0.2) is 32.5 Å². The van der Waals surface area contributed by atoms with Gasteiger partial charge in [-0.2, -0.15) is 0 Å². The Balaban J connectivity index is 2.18. The van der Waals surface area contributed by atoms with Crippen molar-refractivity contribution in [1.82, 2.24) is 4.98 Å². The number of nitrogens with two attached hydrogens (primary N) is 1. The molecule has 0 saturated carbocycles. The van der Waals surface area contributed by atoms with Crippen LogP contribution >= 0.6 is 11.8 Å². The van der Waals surface area contributed by atoms with E-state index in [0.29, 0.717) is 5.22 Å². The van der Waals surface area contributed by atoms with Crippen molar-refractivity contribution in [3.05, 3.63) is 35.6 Å². The van der Waals surface area contributed by atoms with E-state index in [1.165, 1.54) is 11.8 Å². The van der Waals surface area contributed by atoms with Gasteiger partial charge in [-0.3, -0.25) is 0 Å². The number of nitrogens with zero attached hydrogens (tertiary/aromatic N) is 1. The van der Waals surface area contributed by atoms with Crippen LogP contribution in [0.2, 0.25) is 0 Å². The third-order valence-corrected chi connectivity index (χ3v) is 3.65. The van der Waals surface area contributed by atoms with Gasteiger partial charge in [-0.05, 0) is 32.9 Å². The summed E-state index contributed by atoms with van der Waals surface area (Å²) in [6.45, 7) is 5.76. The maximum absolute atomic E-state index is 5.98. The van der Waals surface area contributed by atoms with Gasteiger partial charge in [0.1, 0.15) is 17.8 Å². The van der Waals surface area contributed by atoms with Crippen molar-refractivity contribution in [3.63, 3.8) is 0 Å². The summed E-state index contributed by atoms with van der Waals surface area (Å²) >= 11 is 1.49. The molecular weight excluding hydrogens is 236 g/mol. The number of hydrogen-bond acceptors (Lipinski definition) is 5. The lowest BCUT2D eigenvalue weighted by Crippen LogP contribution is -2.22. The summed E-state index contributed by atoms with van der Waals surface area (Å²) < 4.78 is 10.9. The summed E-state index contributed by atoms with van der Waals surface area (Å²) in [5.41, 5.74) is 6.85. The van der Waals surface area contributed by atoms with Crippen LogP contribution in [0.4, 0.5) is 0 Å². The van der Waals surface area contributed by atoms with Crippen LogP contribution in [-0.4, -0.2) is 11.0 Å². The molecule has 2 unspecified atom stereocenters. The first-order chi connectivity index (χ1) is 8.06. The molecule has 2 aromatic heterocycles. The second-order valence-corrected chi connectivity index (χ2v) is 5.19. The molecule has 2 rings (SSSR count). The number of rotatable bonds is 4. The number of thioether (sulfide) groups is 1. The van der Waals surface area contributed by atoms with Gasteiger partial charge in [0.2, 0.25) is 0 Å². The molecule has 4 nitrogen and oxygen atoms in total. The fourth-order valence-electron chi connectivity index (χ4n) is 1.53. The smallest absolute Gasteiger partial charge is 0.256 e. The van der Waals surface area contributed by atoms with Gasteiger partial charge in [-0.15, -0.1) is 0 Å². The van der Waals surface area contributed by atoms with Gasteiger partial charge in [0, 0.05) is 6.04 Å². The lowest BCUT2D eigenvalue weighted by atomic mass is 10.2. The first kappa shape index (κ1) is 12.3. The standard InChI is InChI=1S/C12H16N2O2S/c1-7-6-15-12(14-7)17-11(9(3)13)10-5-4-8(2)16-10/h4-6,9,11H,13H2,1-3H3. The van der Waals surface area contributed by atoms with E-state index in [2.05, 4.69) is 4.98 Å². The minimum Gasteiger partial charge on any atom is -0.465 e. The molecule has 0 bridgehead atoms. The molecule has 0 aliphatic heterocycles. The van der Waals surface area contributed by atoms with Gasteiger partial charge < -0.3 is 14.6 Å². The van der Waals surface area contributed by atoms with Crippen molar-refractivity contribution in [1.29, 1.82) is 0 Å². The van der Waals surface area contributed by atoms with E-state index in [9.17, 15) is 0 Å². The summed E-state index contributed by atoms with van der Waals surface area (Å²) in [5, 5.41) is 0.639. The SMILES string of the molecule is Cc1coc(SC(c2ccc(C)o2)C(C)N)n1. The van der Waals surface area contributed by atoms with Crippen LogP contribution in [0.5, 0.6) is 0 Å². The average Bonchev–Trinajstić information content (AvgIpc) is 2.83. The van der Waals surface area contributed by atoms with E-state index in [1.54, 1.807) is 6.26 Å². The van der Waals surface area contributed by atoms with Gasteiger partial charge in [0.05, 0.1) is 10.9 Å². The molecule has 0 spiro atoms. The lowest BCUT2D eigenvalue weighted by Gasteiger charge is -2.15. The first-order valence-corrected chi connectivity index (χ1v) is 6.35. The summed E-state index contributed by atoms with van der Waals surface area (Å²) in [6, 6.07) is 3.84. The van der Waals surface area contributed by atoms with E-state index >= 15 is 0 Å². The van der Waals surface area contributed by atoms with Crippen LogP contribution in [0.1, 0.15) is 29.4 Å². The predicted octanol–water partition coefficient (Wildman–Crippen LogP) is 3.07. The van der Waals surface area contributed by atoms with Crippen LogP contribution in [0.3, 0.4) is 0 Å². The zero-order valence-corrected chi connectivity index (χ0v) is 11.0. The van der Waals surface area contributed by atoms with E-state index < -0.39 is 0 Å². The highest BCUT2D eigenvalue weighted by molar-refractivity contribution is 7.99. The van der Waals surface area contributed by atoms with Gasteiger partial charge in [0.15, 0.2) is 0 Å². The third kappa shape index (κ3) is 2.92. The fourth-order valence-corrected chi connectivity index (χ4v) is 2.50. The van der Waals surface area contributed by atoms with Crippen molar-refractivity contribution in [2.24, 2.45) is 5.73 Å². The largest absolute Gasteiger partial charge is 0.465 e. The molecule has 0 aromatic carbocycles. The van der Waals surface area contributed by atoms with Gasteiger partial charge >= 0.3 is 0 Å². The van der Waals surface area contributed by atoms with Crippen molar-refractivity contribution in [2.45, 2.75) is 37.3 Å². The topological polar surface area (TPSA) is 65.2 Å². The maximum atomic E-state index is 5.98. The summed E-state index contributed by atoms with van der Waals surface area (Å²) in [4.78, 5) is 4.26. The van der Waals surface area contributed by atoms with E-state index in [0.717, 1.165) is 17.2 Å². The molecule has 0 amide bonds. The number of aryl methyl sites for hydroxylation is 2. The monoisotopic (exact) mass is 252 g/mol. The first-order valence-electron chi connectivity index (χ1n) is 5.47. The molecule has 2 atom stereocenters. The van der Waals surface area contributed by atoms with Crippen molar-refractivity contribution in [3.8, 4) is 0 Å². The van der Waals surface area contributed by atoms with Crippen LogP contribution in [0.25, 0.3) is 0 Å². The molecule has 0 aliphatic rings. The van der Waals surface area contributed by atoms with Crippen molar-refractivity contribution < 1.29 is 8.83 Å². The number of oxazole rings is 1. The zero-order valence-electron chi connectivity index (χ0n) is 10.1. The number of furan rings is 1. The quantitative estimate of drug-likeness (QED) is 0.847. The molecule has 92 valence electrons. The highest BCUT2D eigenvalue weighted by Gasteiger charge is 2.23. The molecule has 0 aliphatic carbocycles. The second-order valence-electron chi connectivity index (χ2n) is 4.10. The molecule has 0 radical (unpaired) electrons. The molecule has 2 aromatic rings. The Hall–Kier alpha value is -1.20. The van der Waals surface area contributed by atoms with Crippen LogP contribution in [-0.2, 0) is 0 Å². The fraction of sp³-hybridized carbons (Fsp3) is 0.417. The van der Waals surface area contributed by atoms with E-state index in [4.69, 9.17) is 14.6 Å². The normalized spacial score (nSPS) is 14.8. The zero-order chi connectivity index (χ0) is 12.4. The highest BCUT2D eigenvalue weighted by atomic mass is 32.2. The summed E-state index contributed by atoms with van der Waals surface area (Å²) in [6.07, 6.45) is 1.63. The molecule has 0 fully saturated rings. The Morgan fingerprint density at radius 3 is 2.59 bits per heavy atom. The Bertz CT molecular complexity index is 490. The predicted molar refractivity (Wildman–Crippen MR) is 66.9 cm³/mol. The van der Waals surface area contributed by atoms with Crippen LogP contribution in [0, 0.1) is 13.8 Å². The number of hydrogen-bond donors (Lipinski definition) is 1. The Kier molecular flexibility index (Phi) is 3.59. The van der Waals surface area contributed by atoms with Crippen molar-refractivity contribution >= 4 is 11.8 Å². The summed E-state index contributed by atoms with van der Waals surface area (Å²) in [5.74, 6) is 1.74. The Morgan fingerprint density at radius 2 is 2.12 bits per heavy atom. The molecule has 0 saturated heterocycles. The third-order valence-electron chi connectivity index (χ3n) is 2.34. The molecular formula is C12H16N2O2S. The highest BCUT2D eigenvalue weighted by Crippen LogP contribution is 2.37. The molecule has 5 heteroatoms. The second kappa shape index (κ2) is 4.98. The Labute approximate surface area is 105 Å². The molecule has 17 heavy (non-hydrogen) atoms. The molecule has 2 N–H and O–H groups in total. The lowest BCUT2D eigenvalue weighted by molar-refractivity contribution is 0.442. The van der Waals surface area contributed by atoms with Gasteiger partial charge in [-0.25, -0.2) is 4.98 Å².